The molecule has 0 aromatic heterocycles. The monoisotopic (exact) mass is 336 g/mol. The summed E-state index contributed by atoms with van der Waals surface area (Å²) in [6.45, 7) is 0.210. The van der Waals surface area contributed by atoms with E-state index in [0.29, 0.717) is 11.1 Å². The fourth-order valence-electron chi connectivity index (χ4n) is 2.26. The first-order valence-corrected chi connectivity index (χ1v) is 7.65. The average Bonchev–Trinajstić information content (AvgIpc) is 2.67. The van der Waals surface area contributed by atoms with E-state index in [2.05, 4.69) is 15.5 Å². The Hall–Kier alpha value is -2.18. The summed E-state index contributed by atoms with van der Waals surface area (Å²) >= 11 is 0. The predicted octanol–water partition coefficient (Wildman–Crippen LogP) is 1.96. The van der Waals surface area contributed by atoms with E-state index in [4.69, 9.17) is 10.2 Å². The van der Waals surface area contributed by atoms with Crippen molar-refractivity contribution < 1.29 is 29.3 Å². The van der Waals surface area contributed by atoms with Crippen LogP contribution in [0, 0.1) is 5.41 Å². The molecule has 6 nitrogen and oxygen atoms in total. The van der Waals surface area contributed by atoms with Gasteiger partial charge < -0.3 is 19.7 Å². The van der Waals surface area contributed by atoms with Crippen LogP contribution in [0.25, 0.3) is 0 Å². The van der Waals surface area contributed by atoms with Crippen molar-refractivity contribution in [2.45, 2.75) is 19.3 Å². The molecule has 0 spiro atoms. The Bertz CT molecular complexity index is 522. The summed E-state index contributed by atoms with van der Waals surface area (Å²) in [7, 11) is 2.60. The summed E-state index contributed by atoms with van der Waals surface area (Å²) in [5.74, 6) is -0.858. The van der Waals surface area contributed by atoms with Gasteiger partial charge in [-0.05, 0) is 43.5 Å². The molecule has 0 unspecified atom stereocenters. The number of esters is 2. The number of aliphatic hydroxyl groups is 2. The second-order valence-corrected chi connectivity index (χ2v) is 5.59. The van der Waals surface area contributed by atoms with Gasteiger partial charge in [0.1, 0.15) is 0 Å². The van der Waals surface area contributed by atoms with Crippen LogP contribution in [-0.2, 0) is 9.47 Å². The molecule has 1 aliphatic rings. The predicted molar refractivity (Wildman–Crippen MR) is 88.7 cm³/mol. The van der Waals surface area contributed by atoms with E-state index in [1.54, 1.807) is 0 Å². The van der Waals surface area contributed by atoms with E-state index < -0.39 is 11.9 Å². The highest BCUT2D eigenvalue weighted by atomic mass is 16.5. The molecule has 6 heteroatoms. The van der Waals surface area contributed by atoms with Crippen LogP contribution in [0.2, 0.25) is 0 Å². The molecule has 0 saturated heterocycles. The lowest BCUT2D eigenvalue weighted by atomic mass is 9.79. The SMILES string of the molecule is COC(=O)c1ccc(C(=O)OC)cc1.OCC1(CO)CC=CCC1. The molecule has 0 aliphatic heterocycles. The van der Waals surface area contributed by atoms with Crippen molar-refractivity contribution in [3.8, 4) is 0 Å². The van der Waals surface area contributed by atoms with Crippen molar-refractivity contribution in [1.82, 2.24) is 0 Å². The Morgan fingerprint density at radius 1 is 0.958 bits per heavy atom. The lowest BCUT2D eigenvalue weighted by molar-refractivity contribution is 0.0471. The number of ether oxygens (including phenoxy) is 2. The Balaban J connectivity index is 0.000000254. The van der Waals surface area contributed by atoms with Gasteiger partial charge in [-0.1, -0.05) is 12.2 Å². The molecule has 2 rings (SSSR count). The molecule has 0 saturated carbocycles. The summed E-state index contributed by atoms with van der Waals surface area (Å²) < 4.78 is 9.02. The van der Waals surface area contributed by atoms with Crippen molar-refractivity contribution in [1.29, 1.82) is 0 Å². The molecular weight excluding hydrogens is 312 g/mol. The van der Waals surface area contributed by atoms with Gasteiger partial charge in [0.15, 0.2) is 0 Å². The minimum absolute atomic E-state index is 0.105. The average molecular weight is 336 g/mol. The summed E-state index contributed by atoms with van der Waals surface area (Å²) in [4.78, 5) is 22.1. The van der Waals surface area contributed by atoms with Crippen molar-refractivity contribution >= 4 is 11.9 Å². The van der Waals surface area contributed by atoms with Gasteiger partial charge in [0.2, 0.25) is 0 Å². The third-order valence-electron chi connectivity index (χ3n) is 3.96. The van der Waals surface area contributed by atoms with E-state index in [1.807, 2.05) is 6.08 Å². The van der Waals surface area contributed by atoms with Gasteiger partial charge in [-0.3, -0.25) is 0 Å². The number of carbonyl (C=O) groups is 2. The Morgan fingerprint density at radius 2 is 1.42 bits per heavy atom. The number of benzene rings is 1. The topological polar surface area (TPSA) is 93.1 Å². The second kappa shape index (κ2) is 9.85. The van der Waals surface area contributed by atoms with Gasteiger partial charge in [-0.15, -0.1) is 0 Å². The Morgan fingerprint density at radius 3 is 1.67 bits per heavy atom. The number of hydrogen-bond acceptors (Lipinski definition) is 6. The normalized spacial score (nSPS) is 15.0. The number of rotatable bonds is 4. The van der Waals surface area contributed by atoms with Gasteiger partial charge in [-0.2, -0.15) is 0 Å². The number of methoxy groups -OCH3 is 2. The van der Waals surface area contributed by atoms with Gasteiger partial charge in [0, 0.05) is 5.41 Å². The van der Waals surface area contributed by atoms with Gasteiger partial charge in [-0.25, -0.2) is 9.59 Å². The molecule has 2 N–H and O–H groups in total. The van der Waals surface area contributed by atoms with Crippen LogP contribution < -0.4 is 0 Å². The Kier molecular flexibility index (Phi) is 8.15. The van der Waals surface area contributed by atoms with Gasteiger partial charge in [0.05, 0.1) is 38.6 Å². The van der Waals surface area contributed by atoms with E-state index in [-0.39, 0.29) is 18.6 Å². The third-order valence-corrected chi connectivity index (χ3v) is 3.96. The number of hydrogen-bond donors (Lipinski definition) is 2. The molecule has 0 bridgehead atoms. The van der Waals surface area contributed by atoms with Crippen molar-refractivity contribution in [2.75, 3.05) is 27.4 Å². The molecular formula is C18H24O6. The highest BCUT2D eigenvalue weighted by molar-refractivity contribution is 5.93. The maximum atomic E-state index is 11.0. The molecule has 0 atom stereocenters. The minimum atomic E-state index is -0.429. The van der Waals surface area contributed by atoms with Crippen molar-refractivity contribution in [3.63, 3.8) is 0 Å². The quantitative estimate of drug-likeness (QED) is 0.645. The molecule has 132 valence electrons. The first-order chi connectivity index (χ1) is 11.5. The molecule has 1 aliphatic carbocycles. The molecule has 1 aromatic rings. The van der Waals surface area contributed by atoms with Crippen LogP contribution in [0.15, 0.2) is 36.4 Å². The van der Waals surface area contributed by atoms with Crippen molar-refractivity contribution in [3.05, 3.63) is 47.5 Å². The summed E-state index contributed by atoms with van der Waals surface area (Å²) in [6, 6.07) is 6.05. The van der Waals surface area contributed by atoms with E-state index in [9.17, 15) is 9.59 Å². The lowest BCUT2D eigenvalue weighted by Crippen LogP contribution is -2.30. The molecule has 0 amide bonds. The minimum Gasteiger partial charge on any atom is -0.465 e. The fraction of sp³-hybridized carbons (Fsp3) is 0.444. The van der Waals surface area contributed by atoms with E-state index in [1.165, 1.54) is 38.5 Å². The zero-order chi connectivity index (χ0) is 18.0. The first-order valence-electron chi connectivity index (χ1n) is 7.65. The highest BCUT2D eigenvalue weighted by Crippen LogP contribution is 2.31. The summed E-state index contributed by atoms with van der Waals surface area (Å²) in [5.41, 5.74) is 0.592. The van der Waals surface area contributed by atoms with Gasteiger partial charge >= 0.3 is 11.9 Å². The zero-order valence-corrected chi connectivity index (χ0v) is 14.0. The molecule has 24 heavy (non-hydrogen) atoms. The van der Waals surface area contributed by atoms with E-state index in [0.717, 1.165) is 19.3 Å². The smallest absolute Gasteiger partial charge is 0.337 e. The van der Waals surface area contributed by atoms with Crippen molar-refractivity contribution in [2.24, 2.45) is 5.41 Å². The summed E-state index contributed by atoms with van der Waals surface area (Å²) in [6.07, 6.45) is 6.86. The lowest BCUT2D eigenvalue weighted by Gasteiger charge is -2.30. The van der Waals surface area contributed by atoms with Crippen LogP contribution in [0.3, 0.4) is 0 Å². The zero-order valence-electron chi connectivity index (χ0n) is 14.0. The van der Waals surface area contributed by atoms with Crippen LogP contribution in [0.1, 0.15) is 40.0 Å². The fourth-order valence-corrected chi connectivity index (χ4v) is 2.26. The maximum absolute atomic E-state index is 11.0. The highest BCUT2D eigenvalue weighted by Gasteiger charge is 2.28. The number of carbonyl (C=O) groups excluding carboxylic acids is 2. The summed E-state index contributed by atoms with van der Waals surface area (Å²) in [5, 5.41) is 17.9. The maximum Gasteiger partial charge on any atom is 0.337 e. The number of allylic oxidation sites excluding steroid dienone is 2. The van der Waals surface area contributed by atoms with Crippen LogP contribution in [-0.4, -0.2) is 49.6 Å². The Labute approximate surface area is 141 Å². The van der Waals surface area contributed by atoms with Gasteiger partial charge in [0.25, 0.3) is 0 Å². The van der Waals surface area contributed by atoms with Crippen LogP contribution >= 0.6 is 0 Å². The van der Waals surface area contributed by atoms with Crippen LogP contribution in [0.4, 0.5) is 0 Å². The molecule has 0 radical (unpaired) electrons. The third kappa shape index (κ3) is 5.47. The first kappa shape index (κ1) is 19.9. The molecule has 1 aromatic carbocycles. The van der Waals surface area contributed by atoms with Crippen LogP contribution in [0.5, 0.6) is 0 Å². The van der Waals surface area contributed by atoms with E-state index >= 15 is 0 Å². The largest absolute Gasteiger partial charge is 0.465 e. The molecule has 0 fully saturated rings. The second-order valence-electron chi connectivity index (χ2n) is 5.59. The number of aliphatic hydroxyl groups excluding tert-OH is 2. The standard InChI is InChI=1S/C10H10O4.C8H14O2/c1-13-9(11)7-3-5-8(6-4-7)10(12)14-2;9-6-8(7-10)4-2-1-3-5-8/h3-6H,1-2H3;1-2,9-10H,3-7H2. The molecule has 0 heterocycles.